The molecule has 6 heteroatoms. The van der Waals surface area contributed by atoms with E-state index in [-0.39, 0.29) is 11.9 Å². The van der Waals surface area contributed by atoms with Gasteiger partial charge in [0.05, 0.1) is 0 Å². The third kappa shape index (κ3) is 4.26. The minimum atomic E-state index is -3.33. The number of ketones is 1. The third-order valence-electron chi connectivity index (χ3n) is 2.42. The second-order valence-corrected chi connectivity index (χ2v) is 5.94. The quantitative estimate of drug-likeness (QED) is 0.714. The average Bonchev–Trinajstić information content (AvgIpc) is 2.39. The van der Waals surface area contributed by atoms with E-state index >= 15 is 0 Å². The van der Waals surface area contributed by atoms with Gasteiger partial charge >= 0.3 is 7.60 Å². The van der Waals surface area contributed by atoms with Crippen molar-refractivity contribution < 1.29 is 23.1 Å². The van der Waals surface area contributed by atoms with Gasteiger partial charge in [0, 0.05) is 14.2 Å². The molecule has 0 amide bonds. The molecule has 0 saturated heterocycles. The number of benzene rings is 1. The van der Waals surface area contributed by atoms with Crippen molar-refractivity contribution in [1.82, 2.24) is 0 Å². The summed E-state index contributed by atoms with van der Waals surface area (Å²) >= 11 is 0. The molecule has 0 aliphatic heterocycles. The second-order valence-electron chi connectivity index (χ2n) is 3.67. The van der Waals surface area contributed by atoms with Gasteiger partial charge in [0.15, 0.2) is 11.9 Å². The number of hydrogen-bond donors (Lipinski definition) is 0. The monoisotopic (exact) mass is 272 g/mol. The van der Waals surface area contributed by atoms with E-state index in [4.69, 9.17) is 13.8 Å². The summed E-state index contributed by atoms with van der Waals surface area (Å²) in [7, 11) is -0.825. The topological polar surface area (TPSA) is 61.8 Å². The zero-order chi connectivity index (χ0) is 13.6. The average molecular weight is 272 g/mol. The van der Waals surface area contributed by atoms with E-state index in [2.05, 4.69) is 0 Å². The SMILES string of the molecule is COP(=O)(CC(=O)[C@@H](C)Oc1ccccc1)OC. The summed E-state index contributed by atoms with van der Waals surface area (Å²) in [6.45, 7) is 1.60. The highest BCUT2D eigenvalue weighted by Crippen LogP contribution is 2.46. The lowest BCUT2D eigenvalue weighted by Crippen LogP contribution is -2.27. The Balaban J connectivity index is 2.60. The molecule has 0 unspecified atom stereocenters. The predicted molar refractivity (Wildman–Crippen MR) is 68.0 cm³/mol. The molecule has 0 saturated carbocycles. The number of Topliss-reactive ketones (excluding diaryl/α,β-unsaturated/α-hetero) is 1. The first-order valence-corrected chi connectivity index (χ1v) is 7.18. The Morgan fingerprint density at radius 3 is 2.28 bits per heavy atom. The Morgan fingerprint density at radius 1 is 1.22 bits per heavy atom. The molecule has 0 radical (unpaired) electrons. The van der Waals surface area contributed by atoms with Gasteiger partial charge in [-0.25, -0.2) is 0 Å². The van der Waals surface area contributed by atoms with Gasteiger partial charge in [-0.1, -0.05) is 18.2 Å². The first kappa shape index (κ1) is 14.9. The summed E-state index contributed by atoms with van der Waals surface area (Å²) in [5, 5.41) is 0. The minimum Gasteiger partial charge on any atom is -0.483 e. The number of carbonyl (C=O) groups is 1. The predicted octanol–water partition coefficient (Wildman–Crippen LogP) is 2.51. The van der Waals surface area contributed by atoms with Crippen LogP contribution >= 0.6 is 7.60 Å². The molecule has 0 spiro atoms. The first-order chi connectivity index (χ1) is 8.50. The van der Waals surface area contributed by atoms with Crippen LogP contribution in [0.2, 0.25) is 0 Å². The van der Waals surface area contributed by atoms with E-state index in [1.165, 1.54) is 14.2 Å². The second kappa shape index (κ2) is 6.69. The molecule has 0 aliphatic rings. The maximum atomic E-state index is 11.8. The summed E-state index contributed by atoms with van der Waals surface area (Å²) in [6, 6.07) is 8.96. The fourth-order valence-electron chi connectivity index (χ4n) is 1.29. The van der Waals surface area contributed by atoms with E-state index in [0.29, 0.717) is 5.75 Å². The Morgan fingerprint density at radius 2 is 1.78 bits per heavy atom. The van der Waals surface area contributed by atoms with Crippen LogP contribution in [0.3, 0.4) is 0 Å². The van der Waals surface area contributed by atoms with Gasteiger partial charge < -0.3 is 13.8 Å². The molecule has 18 heavy (non-hydrogen) atoms. The van der Waals surface area contributed by atoms with Crippen LogP contribution in [0.1, 0.15) is 6.92 Å². The lowest BCUT2D eigenvalue weighted by molar-refractivity contribution is -0.122. The van der Waals surface area contributed by atoms with Crippen molar-refractivity contribution in [3.8, 4) is 5.75 Å². The highest BCUT2D eigenvalue weighted by Gasteiger charge is 2.29. The smallest absolute Gasteiger partial charge is 0.337 e. The Kier molecular flexibility index (Phi) is 5.54. The van der Waals surface area contributed by atoms with Gasteiger partial charge in [-0.3, -0.25) is 9.36 Å². The van der Waals surface area contributed by atoms with Gasteiger partial charge in [-0.15, -0.1) is 0 Å². The minimum absolute atomic E-state index is 0.298. The summed E-state index contributed by atoms with van der Waals surface area (Å²) < 4.78 is 26.7. The van der Waals surface area contributed by atoms with Crippen LogP contribution in [0.25, 0.3) is 0 Å². The third-order valence-corrected chi connectivity index (χ3v) is 4.23. The lowest BCUT2D eigenvalue weighted by atomic mass is 10.3. The molecule has 0 N–H and O–H groups in total. The van der Waals surface area contributed by atoms with Crippen molar-refractivity contribution in [3.05, 3.63) is 30.3 Å². The maximum Gasteiger partial charge on any atom is 0.337 e. The zero-order valence-electron chi connectivity index (χ0n) is 10.7. The van der Waals surface area contributed by atoms with Crippen LogP contribution in [-0.2, 0) is 18.4 Å². The van der Waals surface area contributed by atoms with Gasteiger partial charge in [0.1, 0.15) is 11.9 Å². The van der Waals surface area contributed by atoms with Crippen LogP contribution < -0.4 is 4.74 Å². The molecular formula is C12H17O5P. The largest absolute Gasteiger partial charge is 0.483 e. The Labute approximate surface area is 107 Å². The van der Waals surface area contributed by atoms with Crippen molar-refractivity contribution in [3.63, 3.8) is 0 Å². The summed E-state index contributed by atoms with van der Waals surface area (Å²) in [5.74, 6) is 0.258. The number of hydrogen-bond acceptors (Lipinski definition) is 5. The summed E-state index contributed by atoms with van der Waals surface area (Å²) in [6.07, 6.45) is -1.00. The van der Waals surface area contributed by atoms with Gasteiger partial charge in [-0.2, -0.15) is 0 Å². The molecule has 1 aromatic carbocycles. The molecule has 0 fully saturated rings. The molecule has 5 nitrogen and oxygen atoms in total. The highest BCUT2D eigenvalue weighted by atomic mass is 31.2. The Bertz CT molecular complexity index is 423. The number of rotatable bonds is 7. The summed E-state index contributed by atoms with van der Waals surface area (Å²) in [4.78, 5) is 11.8. The van der Waals surface area contributed by atoms with Crippen LogP contribution in [0.4, 0.5) is 0 Å². The van der Waals surface area contributed by atoms with Gasteiger partial charge in [0.2, 0.25) is 0 Å². The van der Waals surface area contributed by atoms with Crippen molar-refractivity contribution in [2.75, 3.05) is 20.4 Å². The van der Waals surface area contributed by atoms with E-state index in [1.54, 1.807) is 19.1 Å². The van der Waals surface area contributed by atoms with E-state index in [9.17, 15) is 9.36 Å². The number of ether oxygens (including phenoxy) is 1. The number of para-hydroxylation sites is 1. The Hall–Kier alpha value is -1.16. The van der Waals surface area contributed by atoms with Crippen molar-refractivity contribution in [2.45, 2.75) is 13.0 Å². The van der Waals surface area contributed by atoms with Crippen LogP contribution in [-0.4, -0.2) is 32.3 Å². The maximum absolute atomic E-state index is 11.8. The van der Waals surface area contributed by atoms with Crippen molar-refractivity contribution in [2.24, 2.45) is 0 Å². The lowest BCUT2D eigenvalue weighted by Gasteiger charge is -2.17. The molecule has 100 valence electrons. The summed E-state index contributed by atoms with van der Waals surface area (Å²) in [5.41, 5.74) is 0. The van der Waals surface area contributed by atoms with Crippen molar-refractivity contribution >= 4 is 13.4 Å². The molecule has 1 rings (SSSR count). The number of carbonyl (C=O) groups excluding carboxylic acids is 1. The molecule has 0 aromatic heterocycles. The normalized spacial score (nSPS) is 13.1. The van der Waals surface area contributed by atoms with Gasteiger partial charge in [0.25, 0.3) is 0 Å². The molecule has 0 bridgehead atoms. The van der Waals surface area contributed by atoms with Crippen LogP contribution in [0, 0.1) is 0 Å². The molecule has 0 aliphatic carbocycles. The fraction of sp³-hybridized carbons (Fsp3) is 0.417. The standard InChI is InChI=1S/C12H17O5P/c1-10(17-11-7-5-4-6-8-11)12(13)9-18(14,15-2)16-3/h4-8,10H,9H2,1-3H3/t10-/m1/s1. The van der Waals surface area contributed by atoms with E-state index in [1.807, 2.05) is 18.2 Å². The van der Waals surface area contributed by atoms with Gasteiger partial charge in [-0.05, 0) is 19.1 Å². The van der Waals surface area contributed by atoms with Crippen LogP contribution in [0.15, 0.2) is 30.3 Å². The van der Waals surface area contributed by atoms with E-state index < -0.39 is 13.7 Å². The van der Waals surface area contributed by atoms with Crippen molar-refractivity contribution in [1.29, 1.82) is 0 Å². The first-order valence-electron chi connectivity index (χ1n) is 5.45. The van der Waals surface area contributed by atoms with Crippen LogP contribution in [0.5, 0.6) is 5.75 Å². The zero-order valence-corrected chi connectivity index (χ0v) is 11.6. The molecular weight excluding hydrogens is 255 g/mol. The molecule has 1 atom stereocenters. The van der Waals surface area contributed by atoms with E-state index in [0.717, 1.165) is 0 Å². The highest BCUT2D eigenvalue weighted by molar-refractivity contribution is 7.54. The molecule has 0 heterocycles. The fourth-order valence-corrected chi connectivity index (χ4v) is 2.34. The molecule has 1 aromatic rings.